The third-order valence-corrected chi connectivity index (χ3v) is 10.6. The highest BCUT2D eigenvalue weighted by Crippen LogP contribution is 2.34. The predicted molar refractivity (Wildman–Crippen MR) is 235 cm³/mol. The zero-order valence-corrected chi connectivity index (χ0v) is 37.1. The van der Waals surface area contributed by atoms with Gasteiger partial charge in [-0.1, -0.05) is 64.3 Å². The highest BCUT2D eigenvalue weighted by molar-refractivity contribution is 6.01. The molecule has 64 heavy (non-hydrogen) atoms. The summed E-state index contributed by atoms with van der Waals surface area (Å²) in [5.41, 5.74) is 1.82. The number of aromatic hydroxyl groups is 2. The number of carbonyl (C=O) groups is 5. The van der Waals surface area contributed by atoms with Gasteiger partial charge in [0.25, 0.3) is 11.8 Å². The number of benzene rings is 3. The molecule has 19 heteroatoms. The lowest BCUT2D eigenvalue weighted by Gasteiger charge is -2.32. The van der Waals surface area contributed by atoms with Gasteiger partial charge in [-0.05, 0) is 101 Å². The molecule has 5 unspecified atom stereocenters. The Hall–Kier alpha value is -6.57. The Bertz CT molecular complexity index is 2200. The Morgan fingerprint density at radius 2 is 1.06 bits per heavy atom. The molecular weight excluding hydrogens is 827 g/mol. The molecule has 8 N–H and O–H groups in total. The summed E-state index contributed by atoms with van der Waals surface area (Å²) in [6.07, 6.45) is 0.735. The molecule has 4 rings (SSSR count). The molecule has 19 nitrogen and oxygen atoms in total. The second-order valence-corrected chi connectivity index (χ2v) is 15.6. The molecule has 0 aliphatic rings. The summed E-state index contributed by atoms with van der Waals surface area (Å²) in [5.74, 6) is -7.06. The number of nitrogens with zero attached hydrogens (tertiary/aromatic N) is 6. The molecule has 1 heterocycles. The second kappa shape index (κ2) is 23.8. The third-order valence-electron chi connectivity index (χ3n) is 10.6. The third kappa shape index (κ3) is 12.8. The Balaban J connectivity index is 1.50. The summed E-state index contributed by atoms with van der Waals surface area (Å²) in [6.45, 7) is 9.31. The smallest absolute Gasteiger partial charge is 0.260 e. The Labute approximate surface area is 372 Å². The fourth-order valence-electron chi connectivity index (χ4n) is 6.68. The lowest BCUT2D eigenvalue weighted by molar-refractivity contribution is -0.188. The topological polar surface area (TPSA) is 263 Å². The zero-order chi connectivity index (χ0) is 47.1. The largest absolute Gasteiger partial charge is 0.507 e. The summed E-state index contributed by atoms with van der Waals surface area (Å²) in [6, 6.07) is 20.1. The molecule has 0 saturated heterocycles. The van der Waals surface area contributed by atoms with Crippen LogP contribution in [0.15, 0.2) is 72.8 Å². The minimum Gasteiger partial charge on any atom is -0.507 e. The molecule has 0 spiro atoms. The Kier molecular flexibility index (Phi) is 18.6. The van der Waals surface area contributed by atoms with Crippen LogP contribution in [0.1, 0.15) is 99.3 Å². The number of para-hydroxylation sites is 2. The van der Waals surface area contributed by atoms with Crippen molar-refractivity contribution in [2.75, 3.05) is 5.32 Å². The maximum atomic E-state index is 13.7. The summed E-state index contributed by atoms with van der Waals surface area (Å²) in [5, 5.41) is 67.7. The van der Waals surface area contributed by atoms with Crippen LogP contribution < -0.4 is 16.0 Å². The number of carbonyl (C=O) groups excluding carboxylic acids is 5. The monoisotopic (exact) mass is 887 g/mol. The zero-order valence-electron chi connectivity index (χ0n) is 37.1. The molecule has 0 aliphatic carbocycles. The molecule has 0 aliphatic heterocycles. The van der Waals surface area contributed by atoms with E-state index in [1.165, 1.54) is 30.7 Å². The van der Waals surface area contributed by atoms with Gasteiger partial charge < -0.3 is 26.2 Å². The van der Waals surface area contributed by atoms with E-state index >= 15 is 0 Å². The van der Waals surface area contributed by atoms with Crippen molar-refractivity contribution in [3.63, 3.8) is 0 Å². The van der Waals surface area contributed by atoms with Crippen LogP contribution in [0.2, 0.25) is 0 Å². The predicted octanol–water partition coefficient (Wildman–Crippen LogP) is 6.15. The normalized spacial score (nSPS) is 13.5. The molecule has 1 aromatic heterocycles. The van der Waals surface area contributed by atoms with Gasteiger partial charge >= 0.3 is 0 Å². The van der Waals surface area contributed by atoms with Crippen LogP contribution >= 0.6 is 0 Å². The van der Waals surface area contributed by atoms with Crippen LogP contribution in [-0.4, -0.2) is 104 Å². The van der Waals surface area contributed by atoms with E-state index in [0.717, 1.165) is 13.3 Å². The van der Waals surface area contributed by atoms with Crippen LogP contribution in [0.3, 0.4) is 0 Å². The molecule has 3 aromatic carbocycles. The van der Waals surface area contributed by atoms with Crippen molar-refractivity contribution < 1.29 is 49.8 Å². The van der Waals surface area contributed by atoms with Gasteiger partial charge in [0.15, 0.2) is 11.6 Å². The number of hydrogen-bond donors (Lipinski definition) is 8. The summed E-state index contributed by atoms with van der Waals surface area (Å²) in [7, 11) is 0. The summed E-state index contributed by atoms with van der Waals surface area (Å²) < 4.78 is 1.52. The molecule has 0 bridgehead atoms. The van der Waals surface area contributed by atoms with E-state index in [1.54, 1.807) is 60.7 Å². The minimum atomic E-state index is -1.50. The first-order valence-corrected chi connectivity index (χ1v) is 21.6. The number of rotatable bonds is 23. The molecule has 0 saturated carbocycles. The molecular formula is C45H61N9O10. The standard InChI is InChI=1S/C45H61N9O10/c1-7-10-21-37(46-31-24-26-32(27-25-31)51-41(34-18-14-16-20-36(34)57)49-40(50-51)33-17-13-15-19-35(33)56)53(63)44(60)29(5)43(59)48-39(23-12-9-3)54(64)45(61)28(4)42(58)47-38(22-11-8-2)52(62)30(6)55/h13-20,24-29,37-39,46,56-57,62-64H,7-12,21-23H2,1-6H3,(H,47,58)(H,48,59). The SMILES string of the molecule is CCCCC(NC(=O)C(C)C(=O)N(O)C(CCCC)NC(=O)C(C)C(=O)N(O)C(CCCC)Nc1ccc(-n2nc(-c3ccccc3O)nc2-c2ccccc2O)cc1)N(O)C(C)=O. The van der Waals surface area contributed by atoms with E-state index in [1.807, 2.05) is 20.8 Å². The van der Waals surface area contributed by atoms with Crippen LogP contribution in [0.25, 0.3) is 28.5 Å². The van der Waals surface area contributed by atoms with Gasteiger partial charge in [-0.15, -0.1) is 5.10 Å². The van der Waals surface area contributed by atoms with Crippen molar-refractivity contribution >= 4 is 35.2 Å². The quantitative estimate of drug-likeness (QED) is 0.0180. The van der Waals surface area contributed by atoms with Crippen molar-refractivity contribution in [1.82, 2.24) is 40.6 Å². The van der Waals surface area contributed by atoms with Gasteiger partial charge in [0.2, 0.25) is 17.7 Å². The van der Waals surface area contributed by atoms with Crippen molar-refractivity contribution in [3.8, 4) is 40.0 Å². The number of hydroxylamine groups is 6. The van der Waals surface area contributed by atoms with Crippen LogP contribution in [0.4, 0.5) is 5.69 Å². The second-order valence-electron chi connectivity index (χ2n) is 15.6. The molecule has 4 aromatic rings. The first-order valence-electron chi connectivity index (χ1n) is 21.6. The number of aromatic nitrogens is 3. The summed E-state index contributed by atoms with van der Waals surface area (Å²) >= 11 is 0. The summed E-state index contributed by atoms with van der Waals surface area (Å²) in [4.78, 5) is 70.2. The van der Waals surface area contributed by atoms with Crippen molar-refractivity contribution in [2.24, 2.45) is 11.8 Å². The van der Waals surface area contributed by atoms with Gasteiger partial charge in [0, 0.05) is 12.6 Å². The van der Waals surface area contributed by atoms with Crippen LogP contribution in [0.5, 0.6) is 11.5 Å². The lowest BCUT2D eigenvalue weighted by Crippen LogP contribution is -2.56. The van der Waals surface area contributed by atoms with E-state index in [0.29, 0.717) is 70.6 Å². The Morgan fingerprint density at radius 1 is 0.625 bits per heavy atom. The van der Waals surface area contributed by atoms with Gasteiger partial charge in [-0.3, -0.25) is 39.6 Å². The number of phenolic OH excluding ortho intramolecular Hbond substituents is 2. The fraction of sp³-hybridized carbons (Fsp3) is 0.444. The number of nitrogens with one attached hydrogen (secondary N) is 3. The number of unbranched alkanes of at least 4 members (excludes halogenated alkanes) is 3. The first kappa shape index (κ1) is 50.1. The van der Waals surface area contributed by atoms with Gasteiger partial charge in [-0.25, -0.2) is 24.9 Å². The van der Waals surface area contributed by atoms with Crippen LogP contribution in [-0.2, 0) is 24.0 Å². The van der Waals surface area contributed by atoms with Crippen molar-refractivity contribution in [2.45, 2.75) is 118 Å². The highest BCUT2D eigenvalue weighted by atomic mass is 16.5. The average molecular weight is 888 g/mol. The maximum Gasteiger partial charge on any atom is 0.260 e. The number of phenols is 2. The van der Waals surface area contributed by atoms with Gasteiger partial charge in [-0.2, -0.15) is 0 Å². The average Bonchev–Trinajstić information content (AvgIpc) is 3.73. The molecule has 0 radical (unpaired) electrons. The van der Waals surface area contributed by atoms with E-state index in [-0.39, 0.29) is 41.6 Å². The Morgan fingerprint density at radius 3 is 1.53 bits per heavy atom. The maximum absolute atomic E-state index is 13.7. The van der Waals surface area contributed by atoms with Crippen molar-refractivity contribution in [3.05, 3.63) is 72.8 Å². The van der Waals surface area contributed by atoms with E-state index < -0.39 is 59.9 Å². The van der Waals surface area contributed by atoms with Crippen molar-refractivity contribution in [1.29, 1.82) is 0 Å². The number of anilines is 1. The van der Waals surface area contributed by atoms with E-state index in [2.05, 4.69) is 26.0 Å². The number of hydrogen-bond acceptors (Lipinski definition) is 13. The van der Waals surface area contributed by atoms with Gasteiger partial charge in [0.1, 0.15) is 41.8 Å². The molecule has 5 atom stereocenters. The molecule has 346 valence electrons. The minimum absolute atomic E-state index is 0.0232. The first-order chi connectivity index (χ1) is 30.5. The molecule has 5 amide bonds. The van der Waals surface area contributed by atoms with Crippen LogP contribution in [0, 0.1) is 11.8 Å². The van der Waals surface area contributed by atoms with Gasteiger partial charge in [0.05, 0.1) is 16.8 Å². The highest BCUT2D eigenvalue weighted by Gasteiger charge is 2.36. The molecule has 0 fully saturated rings. The lowest BCUT2D eigenvalue weighted by atomic mass is 10.1. The fourth-order valence-corrected chi connectivity index (χ4v) is 6.68. The van der Waals surface area contributed by atoms with E-state index in [9.17, 15) is 49.8 Å². The van der Waals surface area contributed by atoms with E-state index in [4.69, 9.17) is 0 Å². The number of amides is 5.